The van der Waals surface area contributed by atoms with E-state index in [4.69, 9.17) is 4.74 Å². The van der Waals surface area contributed by atoms with Crippen molar-refractivity contribution in [3.05, 3.63) is 70.8 Å². The number of pyridine rings is 1. The molecule has 2 aliphatic rings. The Bertz CT molecular complexity index is 1540. The Balaban J connectivity index is 1.28. The Morgan fingerprint density at radius 2 is 1.87 bits per heavy atom. The summed E-state index contributed by atoms with van der Waals surface area (Å²) < 4.78 is 21.8. The molecule has 1 saturated heterocycles. The Morgan fingerprint density at radius 1 is 1.13 bits per heavy atom. The highest BCUT2D eigenvalue weighted by atomic mass is 19.1. The summed E-state index contributed by atoms with van der Waals surface area (Å²) in [5.41, 5.74) is 2.37. The number of carbonyl (C=O) groups is 1. The molecule has 1 aliphatic carbocycles. The summed E-state index contributed by atoms with van der Waals surface area (Å²) >= 11 is 0. The van der Waals surface area contributed by atoms with E-state index < -0.39 is 18.1 Å². The van der Waals surface area contributed by atoms with Crippen LogP contribution in [0, 0.1) is 0 Å². The number of morpholine rings is 1. The zero-order valence-corrected chi connectivity index (χ0v) is 20.7. The van der Waals surface area contributed by atoms with Gasteiger partial charge in [0.25, 0.3) is 11.5 Å². The van der Waals surface area contributed by atoms with Crippen LogP contribution in [0.25, 0.3) is 11.3 Å². The number of hydrogen-bond donors (Lipinski definition) is 3. The first kappa shape index (κ1) is 23.9. The van der Waals surface area contributed by atoms with Crippen LogP contribution in [0.5, 0.6) is 0 Å². The van der Waals surface area contributed by atoms with Gasteiger partial charge in [-0.3, -0.25) is 14.2 Å². The molecule has 38 heavy (non-hydrogen) atoms. The van der Waals surface area contributed by atoms with E-state index in [0.29, 0.717) is 37.0 Å². The predicted octanol–water partition coefficient (Wildman–Crippen LogP) is 2.34. The fourth-order valence-electron chi connectivity index (χ4n) is 4.50. The van der Waals surface area contributed by atoms with Gasteiger partial charge in [-0.2, -0.15) is 9.61 Å². The van der Waals surface area contributed by atoms with Gasteiger partial charge in [0.1, 0.15) is 29.1 Å². The summed E-state index contributed by atoms with van der Waals surface area (Å²) in [6, 6.07) is 12.5. The summed E-state index contributed by atoms with van der Waals surface area (Å²) in [7, 11) is 1.72. The van der Waals surface area contributed by atoms with Crippen molar-refractivity contribution in [2.45, 2.75) is 18.6 Å². The molecule has 2 atom stereocenters. The third-order valence-corrected chi connectivity index (χ3v) is 6.72. The lowest BCUT2D eigenvalue weighted by atomic mass is 10.2. The molecule has 3 N–H and O–H groups in total. The minimum absolute atomic E-state index is 0.218. The minimum Gasteiger partial charge on any atom is -0.378 e. The van der Waals surface area contributed by atoms with E-state index in [0.717, 1.165) is 24.5 Å². The Kier molecular flexibility index (Phi) is 6.16. The average Bonchev–Trinajstić information content (AvgIpc) is 3.46. The number of nitrogens with one attached hydrogen (secondary N) is 3. The molecule has 0 spiro atoms. The van der Waals surface area contributed by atoms with Gasteiger partial charge in [-0.15, -0.1) is 0 Å². The maximum Gasteiger partial charge on any atom is 0.278 e. The first-order chi connectivity index (χ1) is 18.5. The van der Waals surface area contributed by atoms with Crippen molar-refractivity contribution >= 4 is 34.6 Å². The van der Waals surface area contributed by atoms with Gasteiger partial charge < -0.3 is 25.6 Å². The van der Waals surface area contributed by atoms with Crippen molar-refractivity contribution in [2.24, 2.45) is 0 Å². The monoisotopic (exact) mass is 518 g/mol. The van der Waals surface area contributed by atoms with Crippen LogP contribution in [0.15, 0.2) is 59.7 Å². The van der Waals surface area contributed by atoms with Gasteiger partial charge in [0, 0.05) is 50.2 Å². The maximum absolute atomic E-state index is 13.4. The number of amides is 1. The lowest BCUT2D eigenvalue weighted by Gasteiger charge is -2.29. The molecule has 12 heteroatoms. The van der Waals surface area contributed by atoms with Gasteiger partial charge >= 0.3 is 0 Å². The van der Waals surface area contributed by atoms with Crippen LogP contribution >= 0.6 is 0 Å². The fourth-order valence-corrected chi connectivity index (χ4v) is 4.50. The number of aromatic nitrogens is 4. The van der Waals surface area contributed by atoms with Crippen LogP contribution in [-0.2, 0) is 4.74 Å². The Hall–Kier alpha value is -4.45. The molecule has 6 rings (SSSR count). The van der Waals surface area contributed by atoms with E-state index in [-0.39, 0.29) is 16.8 Å². The zero-order chi connectivity index (χ0) is 26.2. The molecule has 0 unspecified atom stereocenters. The van der Waals surface area contributed by atoms with Gasteiger partial charge in [0.05, 0.1) is 25.5 Å². The normalized spacial score (nSPS) is 18.8. The molecule has 1 saturated carbocycles. The van der Waals surface area contributed by atoms with Crippen LogP contribution in [0.3, 0.4) is 0 Å². The Labute approximate surface area is 217 Å². The van der Waals surface area contributed by atoms with Crippen LogP contribution in [0.1, 0.15) is 16.8 Å². The molecular weight excluding hydrogens is 491 g/mol. The molecule has 3 aromatic heterocycles. The highest BCUT2D eigenvalue weighted by molar-refractivity contribution is 6.00. The predicted molar refractivity (Wildman–Crippen MR) is 142 cm³/mol. The number of anilines is 4. The van der Waals surface area contributed by atoms with Gasteiger partial charge in [0.2, 0.25) is 0 Å². The number of benzene rings is 1. The number of nitrogens with zero attached hydrogens (tertiary/aromatic N) is 5. The third kappa shape index (κ3) is 4.54. The molecule has 2 fully saturated rings. The molecule has 1 amide bonds. The van der Waals surface area contributed by atoms with Crippen molar-refractivity contribution in [2.75, 3.05) is 48.9 Å². The molecule has 196 valence electrons. The molecule has 4 aromatic rings. The van der Waals surface area contributed by atoms with Crippen molar-refractivity contribution in [3.8, 4) is 5.69 Å². The summed E-state index contributed by atoms with van der Waals surface area (Å²) in [6.45, 7) is 3.08. The third-order valence-electron chi connectivity index (χ3n) is 6.72. The van der Waals surface area contributed by atoms with Gasteiger partial charge in [-0.25, -0.2) is 9.37 Å². The smallest absolute Gasteiger partial charge is 0.278 e. The molecular formula is C26H27FN8O3. The lowest BCUT2D eigenvalue weighted by Crippen LogP contribution is -2.36. The molecule has 0 bridgehead atoms. The zero-order valence-electron chi connectivity index (χ0n) is 20.7. The van der Waals surface area contributed by atoms with Crippen LogP contribution in [0.2, 0.25) is 0 Å². The number of rotatable bonds is 7. The fraction of sp³-hybridized carbons (Fsp3) is 0.308. The first-order valence-corrected chi connectivity index (χ1v) is 12.4. The second kappa shape index (κ2) is 9.78. The second-order valence-corrected chi connectivity index (χ2v) is 9.24. The standard InChI is InChI=1S/C26H27FN8O3/c1-28-23-14-22(32-24-18(15-29-35(23)24)25(36)31-21-13-19(21)27)30-20-3-2-8-34(26(20)37)17-6-4-16(5-7-17)33-9-11-38-12-10-33/h2-8,14-15,19,21,28H,9-13H2,1H3,(H,30,32)(H,31,36)/t19-,21+/m1/s1. The number of alkyl halides is 1. The second-order valence-electron chi connectivity index (χ2n) is 9.24. The summed E-state index contributed by atoms with van der Waals surface area (Å²) in [6.07, 6.45) is 2.40. The SMILES string of the molecule is CNc1cc(Nc2cccn(-c3ccc(N4CCOCC4)cc3)c2=O)nc2c(C(=O)N[C@H]3C[C@H]3F)cnn12. The number of hydrogen-bond acceptors (Lipinski definition) is 8. The quantitative estimate of drug-likeness (QED) is 0.341. The van der Waals surface area contributed by atoms with Gasteiger partial charge in [-0.1, -0.05) is 0 Å². The molecule has 1 aromatic carbocycles. The van der Waals surface area contributed by atoms with E-state index in [1.165, 1.54) is 10.7 Å². The highest BCUT2D eigenvalue weighted by Crippen LogP contribution is 2.26. The summed E-state index contributed by atoms with van der Waals surface area (Å²) in [4.78, 5) is 32.9. The topological polar surface area (TPSA) is 118 Å². The van der Waals surface area contributed by atoms with Gasteiger partial charge in [0.15, 0.2) is 5.65 Å². The van der Waals surface area contributed by atoms with Crippen molar-refractivity contribution in [3.63, 3.8) is 0 Å². The lowest BCUT2D eigenvalue weighted by molar-refractivity contribution is 0.0949. The van der Waals surface area contributed by atoms with Crippen LogP contribution in [0.4, 0.5) is 27.4 Å². The molecule has 0 radical (unpaired) electrons. The van der Waals surface area contributed by atoms with E-state index in [1.807, 2.05) is 24.3 Å². The first-order valence-electron chi connectivity index (χ1n) is 12.4. The number of halogens is 1. The molecule has 4 heterocycles. The van der Waals surface area contributed by atoms with Crippen molar-refractivity contribution in [1.82, 2.24) is 24.5 Å². The van der Waals surface area contributed by atoms with E-state index in [2.05, 4.69) is 30.9 Å². The van der Waals surface area contributed by atoms with Crippen LogP contribution < -0.4 is 26.4 Å². The molecule has 11 nitrogen and oxygen atoms in total. The largest absolute Gasteiger partial charge is 0.378 e. The van der Waals surface area contributed by atoms with Crippen molar-refractivity contribution in [1.29, 1.82) is 0 Å². The van der Waals surface area contributed by atoms with Crippen LogP contribution in [-0.4, -0.2) is 70.6 Å². The maximum atomic E-state index is 13.4. The minimum atomic E-state index is -1.02. The average molecular weight is 519 g/mol. The summed E-state index contributed by atoms with van der Waals surface area (Å²) in [5, 5.41) is 13.0. The van der Waals surface area contributed by atoms with E-state index in [1.54, 1.807) is 36.0 Å². The van der Waals surface area contributed by atoms with Gasteiger partial charge in [-0.05, 0) is 36.4 Å². The van der Waals surface area contributed by atoms with E-state index >= 15 is 0 Å². The number of fused-ring (bicyclic) bond motifs is 1. The summed E-state index contributed by atoms with van der Waals surface area (Å²) in [5.74, 6) is 0.462. The highest BCUT2D eigenvalue weighted by Gasteiger charge is 2.39. The Morgan fingerprint density at radius 3 is 2.58 bits per heavy atom. The number of ether oxygens (including phenoxy) is 1. The van der Waals surface area contributed by atoms with E-state index in [9.17, 15) is 14.0 Å². The number of carbonyl (C=O) groups excluding carboxylic acids is 1. The van der Waals surface area contributed by atoms with Crippen molar-refractivity contribution < 1.29 is 13.9 Å². The molecule has 1 aliphatic heterocycles.